The van der Waals surface area contributed by atoms with Crippen molar-refractivity contribution in [2.75, 3.05) is 0 Å². The molecule has 1 aromatic heterocycles. The van der Waals surface area contributed by atoms with Gasteiger partial charge in [-0.2, -0.15) is 0 Å². The van der Waals surface area contributed by atoms with E-state index in [1.807, 2.05) is 13.0 Å². The van der Waals surface area contributed by atoms with Crippen LogP contribution in [0.4, 0.5) is 0 Å². The minimum atomic E-state index is 0.102. The molecule has 1 heterocycles. The molecule has 2 nitrogen and oxygen atoms in total. The summed E-state index contributed by atoms with van der Waals surface area (Å²) in [5.74, 6) is 0.901. The Balaban J connectivity index is 2.72. The lowest BCUT2D eigenvalue weighted by Gasteiger charge is -2.19. The molecule has 15 heavy (non-hydrogen) atoms. The summed E-state index contributed by atoms with van der Waals surface area (Å²) in [6, 6.07) is 4.12. The Labute approximate surface area is 94.7 Å². The number of aryl methyl sites for hydroxylation is 1. The molecule has 0 amide bonds. The van der Waals surface area contributed by atoms with Gasteiger partial charge in [-0.3, -0.25) is 0 Å². The van der Waals surface area contributed by atoms with Crippen LogP contribution in [-0.2, 0) is 5.41 Å². The lowest BCUT2D eigenvalue weighted by atomic mass is 9.87. The van der Waals surface area contributed by atoms with E-state index in [1.165, 1.54) is 5.56 Å². The van der Waals surface area contributed by atoms with E-state index in [4.69, 9.17) is 11.6 Å². The van der Waals surface area contributed by atoms with Crippen molar-refractivity contribution in [1.29, 1.82) is 0 Å². The maximum absolute atomic E-state index is 6.21. The third kappa shape index (κ3) is 1.86. The SMILES string of the molecule is Cc1nc2cc(C(C)(C)C)cc(Cl)c2[nH]1. The maximum atomic E-state index is 6.21. The van der Waals surface area contributed by atoms with Crippen molar-refractivity contribution in [3.63, 3.8) is 0 Å². The quantitative estimate of drug-likeness (QED) is 0.721. The highest BCUT2D eigenvalue weighted by atomic mass is 35.5. The minimum Gasteiger partial charge on any atom is -0.341 e. The van der Waals surface area contributed by atoms with Crippen LogP contribution in [0, 0.1) is 6.92 Å². The highest BCUT2D eigenvalue weighted by Gasteiger charge is 2.16. The standard InChI is InChI=1S/C12H15ClN2/c1-7-14-10-6-8(12(2,3)4)5-9(13)11(10)15-7/h5-6H,1-4H3,(H,14,15). The van der Waals surface area contributed by atoms with Gasteiger partial charge in [0.05, 0.1) is 16.1 Å². The number of benzene rings is 1. The molecule has 0 aliphatic heterocycles. The van der Waals surface area contributed by atoms with E-state index in [9.17, 15) is 0 Å². The van der Waals surface area contributed by atoms with Crippen LogP contribution in [0.1, 0.15) is 32.2 Å². The van der Waals surface area contributed by atoms with E-state index in [0.29, 0.717) is 0 Å². The normalized spacial score (nSPS) is 12.3. The molecule has 0 atom stereocenters. The second-order valence-corrected chi connectivity index (χ2v) is 5.33. The molecule has 2 aromatic rings. The molecule has 1 aromatic carbocycles. The molecule has 3 heteroatoms. The number of halogens is 1. The molecule has 0 aliphatic rings. The lowest BCUT2D eigenvalue weighted by Crippen LogP contribution is -2.10. The minimum absolute atomic E-state index is 0.102. The van der Waals surface area contributed by atoms with Gasteiger partial charge in [-0.1, -0.05) is 32.4 Å². The summed E-state index contributed by atoms with van der Waals surface area (Å²) in [6.45, 7) is 8.45. The second kappa shape index (κ2) is 3.24. The van der Waals surface area contributed by atoms with Gasteiger partial charge in [0.2, 0.25) is 0 Å². The molecule has 1 N–H and O–H groups in total. The summed E-state index contributed by atoms with van der Waals surface area (Å²) in [7, 11) is 0. The van der Waals surface area contributed by atoms with E-state index in [2.05, 4.69) is 36.8 Å². The van der Waals surface area contributed by atoms with Crippen molar-refractivity contribution < 1.29 is 0 Å². The van der Waals surface area contributed by atoms with E-state index in [1.54, 1.807) is 0 Å². The van der Waals surface area contributed by atoms with Gasteiger partial charge >= 0.3 is 0 Å². The fraction of sp³-hybridized carbons (Fsp3) is 0.417. The monoisotopic (exact) mass is 222 g/mol. The average Bonchev–Trinajstić information content (AvgIpc) is 2.44. The first kappa shape index (κ1) is 10.5. The van der Waals surface area contributed by atoms with E-state index in [-0.39, 0.29) is 5.41 Å². The summed E-state index contributed by atoms with van der Waals surface area (Å²) in [5.41, 5.74) is 3.20. The number of hydrogen-bond acceptors (Lipinski definition) is 1. The van der Waals surface area contributed by atoms with Crippen molar-refractivity contribution in [2.24, 2.45) is 0 Å². The Hall–Kier alpha value is -1.02. The van der Waals surface area contributed by atoms with Gasteiger partial charge < -0.3 is 4.98 Å². The van der Waals surface area contributed by atoms with Crippen LogP contribution in [0.15, 0.2) is 12.1 Å². The predicted molar refractivity (Wildman–Crippen MR) is 64.5 cm³/mol. The molecule has 2 rings (SSSR count). The highest BCUT2D eigenvalue weighted by molar-refractivity contribution is 6.35. The van der Waals surface area contributed by atoms with Gasteiger partial charge in [-0.05, 0) is 30.0 Å². The highest BCUT2D eigenvalue weighted by Crippen LogP contribution is 2.30. The molecule has 0 fully saturated rings. The van der Waals surface area contributed by atoms with E-state index < -0.39 is 0 Å². The fourth-order valence-electron chi connectivity index (χ4n) is 1.63. The largest absolute Gasteiger partial charge is 0.341 e. The summed E-state index contributed by atoms with van der Waals surface area (Å²) in [6.07, 6.45) is 0. The third-order valence-corrected chi connectivity index (χ3v) is 2.83. The number of hydrogen-bond donors (Lipinski definition) is 1. The topological polar surface area (TPSA) is 28.7 Å². The number of rotatable bonds is 0. The van der Waals surface area contributed by atoms with Crippen LogP contribution < -0.4 is 0 Å². The summed E-state index contributed by atoms with van der Waals surface area (Å²) in [5, 5.41) is 0.748. The molecular formula is C12H15ClN2. The number of fused-ring (bicyclic) bond motifs is 1. The lowest BCUT2D eigenvalue weighted by molar-refractivity contribution is 0.591. The van der Waals surface area contributed by atoms with Gasteiger partial charge in [0.15, 0.2) is 0 Å². The van der Waals surface area contributed by atoms with Crippen LogP contribution in [0.2, 0.25) is 5.02 Å². The van der Waals surface area contributed by atoms with Crippen LogP contribution in [0.3, 0.4) is 0 Å². The Morgan fingerprint density at radius 2 is 1.93 bits per heavy atom. The van der Waals surface area contributed by atoms with Crippen LogP contribution >= 0.6 is 11.6 Å². The molecule has 0 saturated carbocycles. The summed E-state index contributed by atoms with van der Waals surface area (Å²) < 4.78 is 0. The number of imidazole rings is 1. The Bertz CT molecular complexity index is 506. The zero-order valence-electron chi connectivity index (χ0n) is 9.48. The molecule has 0 radical (unpaired) electrons. The Kier molecular flexibility index (Phi) is 2.27. The van der Waals surface area contributed by atoms with Crippen molar-refractivity contribution in [3.8, 4) is 0 Å². The third-order valence-electron chi connectivity index (χ3n) is 2.53. The van der Waals surface area contributed by atoms with Gasteiger partial charge in [0, 0.05) is 0 Å². The summed E-state index contributed by atoms with van der Waals surface area (Å²) >= 11 is 6.21. The molecule has 0 spiro atoms. The van der Waals surface area contributed by atoms with Crippen molar-refractivity contribution in [3.05, 3.63) is 28.5 Å². The van der Waals surface area contributed by atoms with Crippen molar-refractivity contribution in [2.45, 2.75) is 33.1 Å². The van der Waals surface area contributed by atoms with Gasteiger partial charge in [0.25, 0.3) is 0 Å². The molecule has 0 bridgehead atoms. The maximum Gasteiger partial charge on any atom is 0.104 e. The number of aromatic amines is 1. The van der Waals surface area contributed by atoms with Gasteiger partial charge in [-0.15, -0.1) is 0 Å². The Morgan fingerprint density at radius 3 is 2.53 bits per heavy atom. The average molecular weight is 223 g/mol. The zero-order valence-corrected chi connectivity index (χ0v) is 10.2. The van der Waals surface area contributed by atoms with E-state index in [0.717, 1.165) is 21.9 Å². The molecule has 0 saturated heterocycles. The molecule has 80 valence electrons. The van der Waals surface area contributed by atoms with Crippen molar-refractivity contribution >= 4 is 22.6 Å². The smallest absolute Gasteiger partial charge is 0.104 e. The van der Waals surface area contributed by atoms with E-state index >= 15 is 0 Å². The van der Waals surface area contributed by atoms with Crippen LogP contribution in [-0.4, -0.2) is 9.97 Å². The first-order chi connectivity index (χ1) is 6.88. The number of aromatic nitrogens is 2. The second-order valence-electron chi connectivity index (χ2n) is 4.92. The number of H-pyrrole nitrogens is 1. The van der Waals surface area contributed by atoms with Crippen molar-refractivity contribution in [1.82, 2.24) is 9.97 Å². The summed E-state index contributed by atoms with van der Waals surface area (Å²) in [4.78, 5) is 7.57. The number of nitrogens with zero attached hydrogens (tertiary/aromatic N) is 1. The predicted octanol–water partition coefficient (Wildman–Crippen LogP) is 3.82. The first-order valence-electron chi connectivity index (χ1n) is 5.04. The van der Waals surface area contributed by atoms with Crippen LogP contribution in [0.5, 0.6) is 0 Å². The molecular weight excluding hydrogens is 208 g/mol. The van der Waals surface area contributed by atoms with Crippen LogP contribution in [0.25, 0.3) is 11.0 Å². The first-order valence-corrected chi connectivity index (χ1v) is 5.42. The zero-order chi connectivity index (χ0) is 11.2. The fourth-order valence-corrected chi connectivity index (χ4v) is 1.89. The Morgan fingerprint density at radius 1 is 1.27 bits per heavy atom. The molecule has 0 aliphatic carbocycles. The molecule has 0 unspecified atom stereocenters. The van der Waals surface area contributed by atoms with Gasteiger partial charge in [-0.25, -0.2) is 4.98 Å². The van der Waals surface area contributed by atoms with Gasteiger partial charge in [0.1, 0.15) is 5.82 Å². The number of nitrogens with one attached hydrogen (secondary N) is 1.